The Labute approximate surface area is 117 Å². The number of rotatable bonds is 5. The Morgan fingerprint density at radius 2 is 1.60 bits per heavy atom. The van der Waals surface area contributed by atoms with E-state index in [9.17, 15) is 19.5 Å². The van der Waals surface area contributed by atoms with Gasteiger partial charge in [0.25, 0.3) is 0 Å². The van der Waals surface area contributed by atoms with E-state index in [1.54, 1.807) is 20.8 Å². The lowest BCUT2D eigenvalue weighted by Crippen LogP contribution is -2.46. The third-order valence-corrected chi connectivity index (χ3v) is 2.11. The number of methoxy groups -OCH3 is 2. The summed E-state index contributed by atoms with van der Waals surface area (Å²) < 4.78 is 13.8. The van der Waals surface area contributed by atoms with E-state index < -0.39 is 35.8 Å². The molecular formula is C12H21NO7. The SMILES string of the molecule is COC(=O)[C@H](C[C@H](O)C(=O)OC)NC(=O)OC(C)(C)C. The van der Waals surface area contributed by atoms with Crippen LogP contribution < -0.4 is 5.32 Å². The van der Waals surface area contributed by atoms with Crippen molar-refractivity contribution < 1.29 is 33.7 Å². The van der Waals surface area contributed by atoms with Crippen molar-refractivity contribution in [1.29, 1.82) is 0 Å². The molecule has 0 aromatic carbocycles. The monoisotopic (exact) mass is 291 g/mol. The first-order valence-corrected chi connectivity index (χ1v) is 5.94. The molecule has 0 aromatic heterocycles. The van der Waals surface area contributed by atoms with Crippen LogP contribution in [0.25, 0.3) is 0 Å². The summed E-state index contributed by atoms with van der Waals surface area (Å²) in [4.78, 5) is 34.2. The van der Waals surface area contributed by atoms with Crippen LogP contribution in [0.2, 0.25) is 0 Å². The van der Waals surface area contributed by atoms with Crippen LogP contribution in [0.4, 0.5) is 4.79 Å². The molecule has 20 heavy (non-hydrogen) atoms. The number of hydrogen-bond acceptors (Lipinski definition) is 7. The van der Waals surface area contributed by atoms with E-state index >= 15 is 0 Å². The van der Waals surface area contributed by atoms with Crippen molar-refractivity contribution in [2.24, 2.45) is 0 Å². The van der Waals surface area contributed by atoms with E-state index in [0.29, 0.717) is 0 Å². The molecule has 0 aliphatic carbocycles. The Kier molecular flexibility index (Phi) is 6.98. The highest BCUT2D eigenvalue weighted by Gasteiger charge is 2.30. The number of hydrogen-bond donors (Lipinski definition) is 2. The molecule has 1 amide bonds. The number of carbonyl (C=O) groups is 3. The quantitative estimate of drug-likeness (QED) is 0.540. The van der Waals surface area contributed by atoms with Gasteiger partial charge in [-0.05, 0) is 20.8 Å². The van der Waals surface area contributed by atoms with Crippen LogP contribution in [0, 0.1) is 0 Å². The zero-order valence-corrected chi connectivity index (χ0v) is 12.3. The Morgan fingerprint density at radius 3 is 2.00 bits per heavy atom. The average Bonchev–Trinajstić information content (AvgIpc) is 2.33. The number of aliphatic hydroxyl groups is 1. The second-order valence-corrected chi connectivity index (χ2v) is 5.00. The number of aliphatic hydroxyl groups excluding tert-OH is 1. The lowest BCUT2D eigenvalue weighted by Gasteiger charge is -2.23. The summed E-state index contributed by atoms with van der Waals surface area (Å²) in [5.74, 6) is -1.72. The molecular weight excluding hydrogens is 270 g/mol. The van der Waals surface area contributed by atoms with Crippen molar-refractivity contribution in [3.05, 3.63) is 0 Å². The van der Waals surface area contributed by atoms with Gasteiger partial charge < -0.3 is 24.6 Å². The second-order valence-electron chi connectivity index (χ2n) is 5.00. The summed E-state index contributed by atoms with van der Waals surface area (Å²) in [7, 11) is 2.22. The average molecular weight is 291 g/mol. The van der Waals surface area contributed by atoms with Gasteiger partial charge in [-0.1, -0.05) is 0 Å². The van der Waals surface area contributed by atoms with Crippen molar-refractivity contribution in [2.75, 3.05) is 14.2 Å². The fourth-order valence-electron chi connectivity index (χ4n) is 1.26. The minimum Gasteiger partial charge on any atom is -0.467 e. The van der Waals surface area contributed by atoms with E-state index in [1.807, 2.05) is 0 Å². The molecule has 0 saturated carbocycles. The maximum Gasteiger partial charge on any atom is 0.408 e. The highest BCUT2D eigenvalue weighted by molar-refractivity contribution is 5.83. The van der Waals surface area contributed by atoms with Gasteiger partial charge in [0, 0.05) is 6.42 Å². The molecule has 8 nitrogen and oxygen atoms in total. The van der Waals surface area contributed by atoms with Gasteiger partial charge in [-0.3, -0.25) is 0 Å². The largest absolute Gasteiger partial charge is 0.467 e. The lowest BCUT2D eigenvalue weighted by atomic mass is 10.1. The molecule has 0 bridgehead atoms. The van der Waals surface area contributed by atoms with E-state index in [1.165, 1.54) is 0 Å². The number of carbonyl (C=O) groups excluding carboxylic acids is 3. The zero-order chi connectivity index (χ0) is 15.9. The van der Waals surface area contributed by atoms with Gasteiger partial charge in [0.15, 0.2) is 6.10 Å². The predicted molar refractivity (Wildman–Crippen MR) is 67.8 cm³/mol. The van der Waals surface area contributed by atoms with Crippen LogP contribution in [0.5, 0.6) is 0 Å². The van der Waals surface area contributed by atoms with E-state index in [4.69, 9.17) is 4.74 Å². The molecule has 2 atom stereocenters. The van der Waals surface area contributed by atoms with Crippen molar-refractivity contribution >= 4 is 18.0 Å². The number of ether oxygens (including phenoxy) is 3. The molecule has 0 fully saturated rings. The molecule has 2 N–H and O–H groups in total. The summed E-state index contributed by atoms with van der Waals surface area (Å²) in [5.41, 5.74) is -0.744. The molecule has 0 rings (SSSR count). The van der Waals surface area contributed by atoms with Gasteiger partial charge >= 0.3 is 18.0 Å². The molecule has 0 aromatic rings. The molecule has 0 radical (unpaired) electrons. The second kappa shape index (κ2) is 7.68. The summed E-state index contributed by atoms with van der Waals surface area (Å²) in [5, 5.41) is 11.7. The van der Waals surface area contributed by atoms with Crippen LogP contribution in [-0.4, -0.2) is 55.1 Å². The molecule has 0 saturated heterocycles. The van der Waals surface area contributed by atoms with E-state index in [2.05, 4.69) is 14.8 Å². The smallest absolute Gasteiger partial charge is 0.408 e. The number of alkyl carbamates (subject to hydrolysis) is 1. The molecule has 116 valence electrons. The molecule has 0 aliphatic rings. The predicted octanol–water partition coefficient (Wildman–Crippen LogP) is -0.0233. The summed E-state index contributed by atoms with van der Waals surface area (Å²) in [6.07, 6.45) is -2.79. The fourth-order valence-corrected chi connectivity index (χ4v) is 1.26. The van der Waals surface area contributed by atoms with Crippen molar-refractivity contribution in [1.82, 2.24) is 5.32 Å². The topological polar surface area (TPSA) is 111 Å². The lowest BCUT2D eigenvalue weighted by molar-refractivity contribution is -0.152. The Balaban J connectivity index is 4.70. The van der Waals surface area contributed by atoms with E-state index in [0.717, 1.165) is 14.2 Å². The van der Waals surface area contributed by atoms with Crippen LogP contribution in [0.3, 0.4) is 0 Å². The van der Waals surface area contributed by atoms with Crippen LogP contribution >= 0.6 is 0 Å². The number of amides is 1. The first-order chi connectivity index (χ1) is 9.10. The maximum atomic E-state index is 11.6. The van der Waals surface area contributed by atoms with Gasteiger partial charge in [-0.25, -0.2) is 14.4 Å². The summed E-state index contributed by atoms with van der Waals surface area (Å²) in [6.45, 7) is 4.97. The van der Waals surface area contributed by atoms with Crippen molar-refractivity contribution in [3.63, 3.8) is 0 Å². The third kappa shape index (κ3) is 6.93. The van der Waals surface area contributed by atoms with Crippen LogP contribution in [0.1, 0.15) is 27.2 Å². The number of nitrogens with one attached hydrogen (secondary N) is 1. The molecule has 0 aliphatic heterocycles. The third-order valence-electron chi connectivity index (χ3n) is 2.11. The van der Waals surface area contributed by atoms with Gasteiger partial charge in [0.2, 0.25) is 0 Å². The van der Waals surface area contributed by atoms with E-state index in [-0.39, 0.29) is 6.42 Å². The Bertz CT molecular complexity index is 361. The van der Waals surface area contributed by atoms with Gasteiger partial charge in [-0.15, -0.1) is 0 Å². The fraction of sp³-hybridized carbons (Fsp3) is 0.750. The normalized spacial score (nSPS) is 13.9. The first-order valence-electron chi connectivity index (χ1n) is 5.94. The first kappa shape index (κ1) is 18.2. The summed E-state index contributed by atoms with van der Waals surface area (Å²) >= 11 is 0. The van der Waals surface area contributed by atoms with Crippen molar-refractivity contribution in [2.45, 2.75) is 44.9 Å². The molecule has 0 spiro atoms. The highest BCUT2D eigenvalue weighted by Crippen LogP contribution is 2.08. The van der Waals surface area contributed by atoms with Crippen molar-refractivity contribution in [3.8, 4) is 0 Å². The molecule has 0 unspecified atom stereocenters. The van der Waals surface area contributed by atoms with Crippen LogP contribution in [0.15, 0.2) is 0 Å². The number of esters is 2. The minimum atomic E-state index is -1.56. The van der Waals surface area contributed by atoms with Crippen LogP contribution in [-0.2, 0) is 23.8 Å². The van der Waals surface area contributed by atoms with Gasteiger partial charge in [0.05, 0.1) is 14.2 Å². The Hall–Kier alpha value is -1.83. The molecule has 0 heterocycles. The minimum absolute atomic E-state index is 0.376. The Morgan fingerprint density at radius 1 is 1.10 bits per heavy atom. The maximum absolute atomic E-state index is 11.6. The standard InChI is InChI=1S/C12H21NO7/c1-12(2,3)20-11(17)13-7(9(15)18-4)6-8(14)10(16)19-5/h7-8,14H,6H2,1-5H3,(H,13,17)/t7-,8-/m0/s1. The molecule has 8 heteroatoms. The summed E-state index contributed by atoms with van der Waals surface area (Å²) in [6, 6.07) is -1.22. The highest BCUT2D eigenvalue weighted by atomic mass is 16.6. The van der Waals surface area contributed by atoms with Gasteiger partial charge in [-0.2, -0.15) is 0 Å². The van der Waals surface area contributed by atoms with Gasteiger partial charge in [0.1, 0.15) is 11.6 Å². The zero-order valence-electron chi connectivity index (χ0n) is 12.3.